The molecule has 0 aliphatic heterocycles. The van der Waals surface area contributed by atoms with Gasteiger partial charge in [0.15, 0.2) is 0 Å². The fraction of sp³-hybridized carbons (Fsp3) is 0.316. The summed E-state index contributed by atoms with van der Waals surface area (Å²) in [7, 11) is -3.85. The lowest BCUT2D eigenvalue weighted by Gasteiger charge is -2.18. The summed E-state index contributed by atoms with van der Waals surface area (Å²) in [6, 6.07) is 9.88. The summed E-state index contributed by atoms with van der Waals surface area (Å²) in [6.07, 6.45) is 2.19. The molecule has 0 saturated heterocycles. The molecule has 5 nitrogen and oxygen atoms in total. The monoisotopic (exact) mass is 488 g/mol. The van der Waals surface area contributed by atoms with Crippen molar-refractivity contribution in [2.75, 3.05) is 12.0 Å². The van der Waals surface area contributed by atoms with Crippen LogP contribution in [0.25, 0.3) is 0 Å². The maximum Gasteiger partial charge on any atom is 0.241 e. The highest BCUT2D eigenvalue weighted by Gasteiger charge is 2.25. The van der Waals surface area contributed by atoms with E-state index in [4.69, 9.17) is 0 Å². The molecule has 2 aromatic rings. The van der Waals surface area contributed by atoms with E-state index in [1.54, 1.807) is 24.3 Å². The number of hydrogen-bond donors (Lipinski definition) is 2. The summed E-state index contributed by atoms with van der Waals surface area (Å²) >= 11 is 4.77. The van der Waals surface area contributed by atoms with E-state index in [2.05, 4.69) is 26.0 Å². The molecule has 1 unspecified atom stereocenters. The van der Waals surface area contributed by atoms with Gasteiger partial charge in [0.25, 0.3) is 0 Å². The van der Waals surface area contributed by atoms with E-state index in [1.807, 2.05) is 13.2 Å². The average molecular weight is 489 g/mol. The number of carbonyl (C=O) groups excluding carboxylic acids is 1. The molecule has 28 heavy (non-hydrogen) atoms. The molecule has 0 aromatic heterocycles. The van der Waals surface area contributed by atoms with Crippen LogP contribution in [0.5, 0.6) is 0 Å². The molecule has 0 aliphatic rings. The SMILES string of the molecule is CSCCC(NS(=O)(=O)c1ccc(C)cc1)C(=O)NCc1cc(Br)ccc1F. The number of nitrogens with one attached hydrogen (secondary N) is 2. The van der Waals surface area contributed by atoms with Crippen molar-refractivity contribution < 1.29 is 17.6 Å². The third-order valence-corrected chi connectivity index (χ3v) is 6.64. The molecule has 0 bridgehead atoms. The quantitative estimate of drug-likeness (QED) is 0.565. The van der Waals surface area contributed by atoms with Gasteiger partial charge in [-0.05, 0) is 55.7 Å². The van der Waals surface area contributed by atoms with Gasteiger partial charge in [0.1, 0.15) is 11.9 Å². The molecule has 2 aromatic carbocycles. The predicted molar refractivity (Wildman–Crippen MR) is 114 cm³/mol. The minimum absolute atomic E-state index is 0.0356. The van der Waals surface area contributed by atoms with Crippen molar-refractivity contribution in [1.29, 1.82) is 0 Å². The highest BCUT2D eigenvalue weighted by Crippen LogP contribution is 2.16. The van der Waals surface area contributed by atoms with Crippen LogP contribution in [-0.2, 0) is 21.4 Å². The first-order chi connectivity index (χ1) is 13.2. The number of halogens is 2. The van der Waals surface area contributed by atoms with Gasteiger partial charge in [-0.2, -0.15) is 16.5 Å². The van der Waals surface area contributed by atoms with Crippen LogP contribution in [0.4, 0.5) is 4.39 Å². The molecule has 2 rings (SSSR count). The van der Waals surface area contributed by atoms with Crippen molar-refractivity contribution in [3.63, 3.8) is 0 Å². The standard InChI is InChI=1S/C19H22BrFN2O3S2/c1-13-3-6-16(7-4-13)28(25,26)23-18(9-10-27-2)19(24)22-12-14-11-15(20)5-8-17(14)21/h3-8,11,18,23H,9-10,12H2,1-2H3,(H,22,24). The Morgan fingerprint density at radius 1 is 1.21 bits per heavy atom. The first-order valence-corrected chi connectivity index (χ1v) is 12.2. The maximum absolute atomic E-state index is 13.9. The molecule has 1 amide bonds. The van der Waals surface area contributed by atoms with Gasteiger partial charge in [-0.3, -0.25) is 4.79 Å². The normalized spacial score (nSPS) is 12.6. The number of carbonyl (C=O) groups is 1. The lowest BCUT2D eigenvalue weighted by molar-refractivity contribution is -0.122. The maximum atomic E-state index is 13.9. The largest absolute Gasteiger partial charge is 0.351 e. The van der Waals surface area contributed by atoms with Crippen molar-refractivity contribution in [2.45, 2.75) is 30.8 Å². The lowest BCUT2D eigenvalue weighted by atomic mass is 10.2. The average Bonchev–Trinajstić information content (AvgIpc) is 2.65. The Morgan fingerprint density at radius 3 is 2.54 bits per heavy atom. The first kappa shape index (κ1) is 22.9. The molecular weight excluding hydrogens is 467 g/mol. The highest BCUT2D eigenvalue weighted by atomic mass is 79.9. The molecule has 0 radical (unpaired) electrons. The zero-order chi connectivity index (χ0) is 20.7. The van der Waals surface area contributed by atoms with Crippen LogP contribution >= 0.6 is 27.7 Å². The van der Waals surface area contributed by atoms with Crippen molar-refractivity contribution in [2.24, 2.45) is 0 Å². The van der Waals surface area contributed by atoms with E-state index in [-0.39, 0.29) is 11.4 Å². The Kier molecular flexibility index (Phi) is 8.48. The summed E-state index contributed by atoms with van der Waals surface area (Å²) < 4.78 is 42.3. The summed E-state index contributed by atoms with van der Waals surface area (Å²) in [5.41, 5.74) is 1.25. The van der Waals surface area contributed by atoms with Gasteiger partial charge in [0, 0.05) is 16.6 Å². The number of rotatable bonds is 9. The zero-order valence-corrected chi connectivity index (χ0v) is 18.8. The number of hydrogen-bond acceptors (Lipinski definition) is 4. The molecule has 0 aliphatic carbocycles. The van der Waals surface area contributed by atoms with Crippen molar-refractivity contribution in [3.05, 3.63) is 63.9 Å². The number of benzene rings is 2. The van der Waals surface area contributed by atoms with Crippen molar-refractivity contribution in [3.8, 4) is 0 Å². The van der Waals surface area contributed by atoms with Gasteiger partial charge in [-0.1, -0.05) is 33.6 Å². The van der Waals surface area contributed by atoms with Crippen LogP contribution in [0, 0.1) is 12.7 Å². The van der Waals surface area contributed by atoms with E-state index < -0.39 is 27.8 Å². The molecule has 1 atom stereocenters. The van der Waals surface area contributed by atoms with E-state index in [0.29, 0.717) is 22.2 Å². The molecule has 0 spiro atoms. The smallest absolute Gasteiger partial charge is 0.241 e. The number of sulfonamides is 1. The van der Waals surface area contributed by atoms with E-state index in [1.165, 1.54) is 30.0 Å². The fourth-order valence-electron chi connectivity index (χ4n) is 2.44. The first-order valence-electron chi connectivity index (χ1n) is 8.52. The lowest BCUT2D eigenvalue weighted by Crippen LogP contribution is -2.46. The van der Waals surface area contributed by atoms with Gasteiger partial charge in [-0.15, -0.1) is 0 Å². The predicted octanol–water partition coefficient (Wildman–Crippen LogP) is 3.61. The van der Waals surface area contributed by atoms with Crippen LogP contribution in [-0.4, -0.2) is 32.4 Å². The Labute approximate surface area is 177 Å². The second-order valence-corrected chi connectivity index (χ2v) is 9.84. The Morgan fingerprint density at radius 2 is 1.89 bits per heavy atom. The summed E-state index contributed by atoms with van der Waals surface area (Å²) in [5.74, 6) is -0.340. The summed E-state index contributed by atoms with van der Waals surface area (Å²) in [5, 5.41) is 2.62. The van der Waals surface area contributed by atoms with Crippen molar-refractivity contribution >= 4 is 43.6 Å². The zero-order valence-electron chi connectivity index (χ0n) is 15.5. The third kappa shape index (κ3) is 6.58. The van der Waals surface area contributed by atoms with Gasteiger partial charge < -0.3 is 5.32 Å². The number of thioether (sulfide) groups is 1. The Hall–Kier alpha value is -1.42. The topological polar surface area (TPSA) is 75.3 Å². The second-order valence-electron chi connectivity index (χ2n) is 6.22. The molecule has 2 N–H and O–H groups in total. The molecule has 0 heterocycles. The minimum atomic E-state index is -3.85. The minimum Gasteiger partial charge on any atom is -0.351 e. The fourth-order valence-corrected chi connectivity index (χ4v) is 4.55. The van der Waals surface area contributed by atoms with Crippen LogP contribution in [0.15, 0.2) is 51.8 Å². The van der Waals surface area contributed by atoms with Gasteiger partial charge in [0.2, 0.25) is 15.9 Å². The highest BCUT2D eigenvalue weighted by molar-refractivity contribution is 9.10. The summed E-state index contributed by atoms with van der Waals surface area (Å²) in [6.45, 7) is 1.83. The third-order valence-electron chi connectivity index (χ3n) is 4.02. The Bertz CT molecular complexity index is 921. The molecule has 9 heteroatoms. The number of amides is 1. The van der Waals surface area contributed by atoms with E-state index in [9.17, 15) is 17.6 Å². The second kappa shape index (κ2) is 10.4. The molecule has 152 valence electrons. The van der Waals surface area contributed by atoms with E-state index in [0.717, 1.165) is 5.56 Å². The van der Waals surface area contributed by atoms with Gasteiger partial charge >= 0.3 is 0 Å². The molecular formula is C19H22BrFN2O3S2. The summed E-state index contributed by atoms with van der Waals surface area (Å²) in [4.78, 5) is 12.7. The van der Waals surface area contributed by atoms with Crippen LogP contribution < -0.4 is 10.0 Å². The molecule has 0 saturated carbocycles. The molecule has 0 fully saturated rings. The number of aryl methyl sites for hydroxylation is 1. The van der Waals surface area contributed by atoms with Crippen LogP contribution in [0.2, 0.25) is 0 Å². The van der Waals surface area contributed by atoms with Crippen LogP contribution in [0.3, 0.4) is 0 Å². The van der Waals surface area contributed by atoms with Crippen molar-refractivity contribution in [1.82, 2.24) is 10.0 Å². The Balaban J connectivity index is 2.12. The van der Waals surface area contributed by atoms with Crippen LogP contribution in [0.1, 0.15) is 17.5 Å². The van der Waals surface area contributed by atoms with Gasteiger partial charge in [-0.25, -0.2) is 12.8 Å². The van der Waals surface area contributed by atoms with E-state index >= 15 is 0 Å². The van der Waals surface area contributed by atoms with Gasteiger partial charge in [0.05, 0.1) is 4.90 Å².